The summed E-state index contributed by atoms with van der Waals surface area (Å²) in [4.78, 5) is 0. The van der Waals surface area contributed by atoms with Crippen molar-refractivity contribution >= 4 is 0 Å². The van der Waals surface area contributed by atoms with E-state index in [1.54, 1.807) is 6.26 Å². The Kier molecular flexibility index (Phi) is 3.17. The molecular formula is C17H15NO. The minimum absolute atomic E-state index is 0.419. The van der Waals surface area contributed by atoms with Gasteiger partial charge in [0, 0.05) is 5.56 Å². The predicted octanol–water partition coefficient (Wildman–Crippen LogP) is 4.07. The van der Waals surface area contributed by atoms with Crippen molar-refractivity contribution in [1.82, 2.24) is 0 Å². The third kappa shape index (κ3) is 2.30. The SMILES string of the molecule is NCc1occc1-c1ccc(-c2ccccc2)cc1. The van der Waals surface area contributed by atoms with E-state index in [1.807, 2.05) is 24.3 Å². The van der Waals surface area contributed by atoms with E-state index in [0.717, 1.165) is 16.9 Å². The van der Waals surface area contributed by atoms with Crippen LogP contribution in [0.4, 0.5) is 0 Å². The molecule has 0 aliphatic carbocycles. The monoisotopic (exact) mass is 249 g/mol. The standard InChI is InChI=1S/C17H15NO/c18-12-17-16(10-11-19-17)15-8-6-14(7-9-15)13-4-2-1-3-5-13/h1-11H,12,18H2. The number of hydrogen-bond acceptors (Lipinski definition) is 2. The van der Waals surface area contributed by atoms with E-state index in [0.29, 0.717) is 6.54 Å². The van der Waals surface area contributed by atoms with Crippen LogP contribution in [0.2, 0.25) is 0 Å². The van der Waals surface area contributed by atoms with Gasteiger partial charge < -0.3 is 10.2 Å². The lowest BCUT2D eigenvalue weighted by Crippen LogP contribution is -1.95. The fourth-order valence-electron chi connectivity index (χ4n) is 2.23. The Bertz CT molecular complexity index is 653. The van der Waals surface area contributed by atoms with Gasteiger partial charge in [-0.2, -0.15) is 0 Å². The quantitative estimate of drug-likeness (QED) is 0.759. The average molecular weight is 249 g/mol. The minimum atomic E-state index is 0.419. The summed E-state index contributed by atoms with van der Waals surface area (Å²) < 4.78 is 5.36. The summed E-state index contributed by atoms with van der Waals surface area (Å²) in [6, 6.07) is 20.7. The van der Waals surface area contributed by atoms with Gasteiger partial charge in [0.2, 0.25) is 0 Å². The highest BCUT2D eigenvalue weighted by Gasteiger charge is 2.07. The molecule has 0 radical (unpaired) electrons. The molecule has 0 saturated heterocycles. The highest BCUT2D eigenvalue weighted by molar-refractivity contribution is 5.71. The van der Waals surface area contributed by atoms with E-state index in [9.17, 15) is 0 Å². The second-order valence-electron chi connectivity index (χ2n) is 4.40. The van der Waals surface area contributed by atoms with E-state index < -0.39 is 0 Å². The van der Waals surface area contributed by atoms with Crippen LogP contribution >= 0.6 is 0 Å². The average Bonchev–Trinajstić information content (AvgIpc) is 2.97. The van der Waals surface area contributed by atoms with Crippen molar-refractivity contribution in [3.63, 3.8) is 0 Å². The van der Waals surface area contributed by atoms with Gasteiger partial charge in [-0.1, -0.05) is 54.6 Å². The molecule has 2 aromatic carbocycles. The van der Waals surface area contributed by atoms with Gasteiger partial charge in [-0.3, -0.25) is 0 Å². The van der Waals surface area contributed by atoms with Gasteiger partial charge in [0.25, 0.3) is 0 Å². The van der Waals surface area contributed by atoms with E-state index in [2.05, 4.69) is 36.4 Å². The molecule has 3 rings (SSSR count). The van der Waals surface area contributed by atoms with Gasteiger partial charge >= 0.3 is 0 Å². The lowest BCUT2D eigenvalue weighted by Gasteiger charge is -2.04. The van der Waals surface area contributed by atoms with Crippen molar-refractivity contribution in [2.45, 2.75) is 6.54 Å². The van der Waals surface area contributed by atoms with E-state index in [-0.39, 0.29) is 0 Å². The van der Waals surface area contributed by atoms with Gasteiger partial charge in [-0.25, -0.2) is 0 Å². The molecule has 19 heavy (non-hydrogen) atoms. The third-order valence-electron chi connectivity index (χ3n) is 3.23. The zero-order chi connectivity index (χ0) is 13.1. The topological polar surface area (TPSA) is 39.2 Å². The molecule has 2 N–H and O–H groups in total. The molecule has 0 aliphatic rings. The maximum Gasteiger partial charge on any atom is 0.125 e. The summed E-state index contributed by atoms with van der Waals surface area (Å²) >= 11 is 0. The van der Waals surface area contributed by atoms with Crippen LogP contribution in [0.3, 0.4) is 0 Å². The molecule has 1 heterocycles. The minimum Gasteiger partial charge on any atom is -0.467 e. The fourth-order valence-corrected chi connectivity index (χ4v) is 2.23. The number of hydrogen-bond donors (Lipinski definition) is 1. The number of nitrogens with two attached hydrogens (primary N) is 1. The lowest BCUT2D eigenvalue weighted by molar-refractivity contribution is 0.513. The number of rotatable bonds is 3. The van der Waals surface area contributed by atoms with Crippen LogP contribution in [0.1, 0.15) is 5.76 Å². The first-order chi connectivity index (χ1) is 9.38. The van der Waals surface area contributed by atoms with Crippen LogP contribution in [-0.4, -0.2) is 0 Å². The molecule has 2 heteroatoms. The van der Waals surface area contributed by atoms with Gasteiger partial charge in [0.15, 0.2) is 0 Å². The first-order valence-electron chi connectivity index (χ1n) is 6.31. The lowest BCUT2D eigenvalue weighted by atomic mass is 10.0. The van der Waals surface area contributed by atoms with Crippen LogP contribution in [0.15, 0.2) is 71.3 Å². The zero-order valence-electron chi connectivity index (χ0n) is 10.5. The maximum atomic E-state index is 5.66. The molecule has 0 atom stereocenters. The number of benzene rings is 2. The first-order valence-corrected chi connectivity index (χ1v) is 6.31. The van der Waals surface area contributed by atoms with Gasteiger partial charge in [-0.05, 0) is 22.8 Å². The summed E-state index contributed by atoms with van der Waals surface area (Å²) in [5.41, 5.74) is 10.3. The van der Waals surface area contributed by atoms with Crippen LogP contribution in [0.25, 0.3) is 22.3 Å². The molecule has 0 fully saturated rings. The molecular weight excluding hydrogens is 234 g/mol. The van der Waals surface area contributed by atoms with Crippen molar-refractivity contribution in [3.05, 3.63) is 72.7 Å². The Morgan fingerprint density at radius 2 is 1.37 bits per heavy atom. The Morgan fingerprint density at radius 3 is 2.05 bits per heavy atom. The van der Waals surface area contributed by atoms with Crippen molar-refractivity contribution in [1.29, 1.82) is 0 Å². The Labute approximate surface area is 112 Å². The van der Waals surface area contributed by atoms with Crippen LogP contribution in [0.5, 0.6) is 0 Å². The molecule has 0 spiro atoms. The Hall–Kier alpha value is -2.32. The third-order valence-corrected chi connectivity index (χ3v) is 3.23. The van der Waals surface area contributed by atoms with Crippen molar-refractivity contribution in [2.24, 2.45) is 5.73 Å². The molecule has 0 amide bonds. The second kappa shape index (κ2) is 5.12. The van der Waals surface area contributed by atoms with Crippen molar-refractivity contribution < 1.29 is 4.42 Å². The van der Waals surface area contributed by atoms with E-state index in [4.69, 9.17) is 10.2 Å². The molecule has 0 saturated carbocycles. The van der Waals surface area contributed by atoms with E-state index in [1.165, 1.54) is 11.1 Å². The predicted molar refractivity (Wildman–Crippen MR) is 77.5 cm³/mol. The van der Waals surface area contributed by atoms with Crippen LogP contribution < -0.4 is 5.73 Å². The maximum absolute atomic E-state index is 5.66. The fraction of sp³-hybridized carbons (Fsp3) is 0.0588. The summed E-state index contributed by atoms with van der Waals surface area (Å²) in [6.07, 6.45) is 1.68. The zero-order valence-corrected chi connectivity index (χ0v) is 10.5. The summed E-state index contributed by atoms with van der Waals surface area (Å²) in [7, 11) is 0. The van der Waals surface area contributed by atoms with Crippen molar-refractivity contribution in [3.8, 4) is 22.3 Å². The van der Waals surface area contributed by atoms with Crippen molar-refractivity contribution in [2.75, 3.05) is 0 Å². The summed E-state index contributed by atoms with van der Waals surface area (Å²) in [6.45, 7) is 0.419. The normalized spacial score (nSPS) is 10.6. The van der Waals surface area contributed by atoms with E-state index >= 15 is 0 Å². The summed E-state index contributed by atoms with van der Waals surface area (Å²) in [5, 5.41) is 0. The molecule has 0 bridgehead atoms. The molecule has 0 unspecified atom stereocenters. The van der Waals surface area contributed by atoms with Gasteiger partial charge in [0.05, 0.1) is 12.8 Å². The number of furan rings is 1. The Balaban J connectivity index is 1.96. The first kappa shape index (κ1) is 11.8. The smallest absolute Gasteiger partial charge is 0.125 e. The summed E-state index contributed by atoms with van der Waals surface area (Å²) in [5.74, 6) is 0.826. The highest BCUT2D eigenvalue weighted by atomic mass is 16.3. The Morgan fingerprint density at radius 1 is 0.737 bits per heavy atom. The molecule has 3 aromatic rings. The second-order valence-corrected chi connectivity index (χ2v) is 4.40. The highest BCUT2D eigenvalue weighted by Crippen LogP contribution is 2.27. The molecule has 94 valence electrons. The van der Waals surface area contributed by atoms with Gasteiger partial charge in [0.1, 0.15) is 5.76 Å². The largest absolute Gasteiger partial charge is 0.467 e. The molecule has 1 aromatic heterocycles. The molecule has 2 nitrogen and oxygen atoms in total. The van der Waals surface area contributed by atoms with Crippen LogP contribution in [0, 0.1) is 0 Å². The molecule has 0 aliphatic heterocycles. The van der Waals surface area contributed by atoms with Gasteiger partial charge in [-0.15, -0.1) is 0 Å². The van der Waals surface area contributed by atoms with Crippen LogP contribution in [-0.2, 0) is 6.54 Å².